The van der Waals surface area contributed by atoms with Crippen molar-refractivity contribution in [1.29, 1.82) is 5.26 Å². The molecular weight excluding hydrogens is 254 g/mol. The lowest BCUT2D eigenvalue weighted by atomic mass is 10.2. The molecular formula is C15H19N3O2. The smallest absolute Gasteiger partial charge is 0.267 e. The zero-order chi connectivity index (χ0) is 14.8. The number of unbranched alkanes of at least 4 members (excludes halogenated alkanes) is 2. The number of hydrogen-bond donors (Lipinski definition) is 3. The number of anilines is 1. The van der Waals surface area contributed by atoms with E-state index in [9.17, 15) is 9.90 Å². The van der Waals surface area contributed by atoms with Crippen molar-refractivity contribution in [2.75, 3.05) is 11.9 Å². The molecule has 0 saturated carbocycles. The summed E-state index contributed by atoms with van der Waals surface area (Å²) in [5.41, 5.74) is 0.451. The van der Waals surface area contributed by atoms with Crippen molar-refractivity contribution in [3.63, 3.8) is 0 Å². The molecule has 106 valence electrons. The molecule has 0 spiro atoms. The van der Waals surface area contributed by atoms with Crippen molar-refractivity contribution in [2.45, 2.75) is 26.2 Å². The third kappa shape index (κ3) is 5.44. The molecule has 1 rings (SSSR count). The third-order valence-electron chi connectivity index (χ3n) is 2.64. The summed E-state index contributed by atoms with van der Waals surface area (Å²) in [5, 5.41) is 23.8. The number of hydrogen-bond acceptors (Lipinski definition) is 4. The molecule has 0 bridgehead atoms. The van der Waals surface area contributed by atoms with Crippen molar-refractivity contribution in [3.8, 4) is 11.8 Å². The fourth-order valence-corrected chi connectivity index (χ4v) is 1.58. The number of amides is 1. The van der Waals surface area contributed by atoms with Gasteiger partial charge in [-0.1, -0.05) is 25.8 Å². The molecule has 0 aliphatic rings. The van der Waals surface area contributed by atoms with Gasteiger partial charge in [-0.05, 0) is 18.6 Å². The van der Waals surface area contributed by atoms with Crippen molar-refractivity contribution < 1.29 is 9.90 Å². The molecule has 0 fully saturated rings. The molecule has 0 aliphatic carbocycles. The Bertz CT molecular complexity index is 518. The first kappa shape index (κ1) is 15.6. The monoisotopic (exact) mass is 273 g/mol. The quantitative estimate of drug-likeness (QED) is 0.405. The van der Waals surface area contributed by atoms with E-state index in [1.165, 1.54) is 18.3 Å². The van der Waals surface area contributed by atoms with Gasteiger partial charge in [-0.3, -0.25) is 4.79 Å². The van der Waals surface area contributed by atoms with E-state index in [2.05, 4.69) is 17.6 Å². The summed E-state index contributed by atoms with van der Waals surface area (Å²) >= 11 is 0. The number of rotatable bonds is 7. The zero-order valence-electron chi connectivity index (χ0n) is 11.5. The van der Waals surface area contributed by atoms with Gasteiger partial charge in [0.15, 0.2) is 0 Å². The fraction of sp³-hybridized carbons (Fsp3) is 0.333. The second kappa shape index (κ2) is 8.59. The number of phenols is 1. The van der Waals surface area contributed by atoms with Crippen molar-refractivity contribution >= 4 is 11.6 Å². The van der Waals surface area contributed by atoms with Crippen LogP contribution in [0.25, 0.3) is 0 Å². The van der Waals surface area contributed by atoms with Crippen LogP contribution in [0.5, 0.6) is 5.75 Å². The number of benzene rings is 1. The van der Waals surface area contributed by atoms with Crippen molar-refractivity contribution in [2.24, 2.45) is 0 Å². The standard InChI is InChI=1S/C15H19N3O2/c1-2-3-4-8-17-11-12(10-16)15(20)18-13-6-5-7-14(19)9-13/h5-7,9,11,17,19H,2-4,8H2,1H3,(H,18,20)/b12-11-. The number of nitriles is 1. The van der Waals surface area contributed by atoms with E-state index in [1.54, 1.807) is 12.1 Å². The van der Waals surface area contributed by atoms with Gasteiger partial charge >= 0.3 is 0 Å². The minimum Gasteiger partial charge on any atom is -0.508 e. The van der Waals surface area contributed by atoms with Crippen LogP contribution < -0.4 is 10.6 Å². The Hall–Kier alpha value is -2.48. The van der Waals surface area contributed by atoms with Crippen molar-refractivity contribution in [1.82, 2.24) is 5.32 Å². The van der Waals surface area contributed by atoms with Crippen LogP contribution in [-0.2, 0) is 4.79 Å². The third-order valence-corrected chi connectivity index (χ3v) is 2.64. The van der Waals surface area contributed by atoms with Crippen LogP contribution in [0, 0.1) is 11.3 Å². The molecule has 0 aliphatic heterocycles. The molecule has 1 amide bonds. The number of carbonyl (C=O) groups is 1. The maximum Gasteiger partial charge on any atom is 0.267 e. The van der Waals surface area contributed by atoms with E-state index < -0.39 is 5.91 Å². The highest BCUT2D eigenvalue weighted by molar-refractivity contribution is 6.06. The van der Waals surface area contributed by atoms with Crippen LogP contribution in [0.15, 0.2) is 36.0 Å². The van der Waals surface area contributed by atoms with Crippen LogP contribution in [0.1, 0.15) is 26.2 Å². The first-order valence-electron chi connectivity index (χ1n) is 6.61. The average Bonchev–Trinajstić information content (AvgIpc) is 2.42. The predicted molar refractivity (Wildman–Crippen MR) is 78.0 cm³/mol. The molecule has 0 radical (unpaired) electrons. The molecule has 5 nitrogen and oxygen atoms in total. The molecule has 1 aromatic rings. The Labute approximate surface area is 118 Å². The van der Waals surface area contributed by atoms with Crippen LogP contribution >= 0.6 is 0 Å². The van der Waals surface area contributed by atoms with Gasteiger partial charge in [0.25, 0.3) is 5.91 Å². The molecule has 5 heteroatoms. The lowest BCUT2D eigenvalue weighted by Crippen LogP contribution is -2.17. The predicted octanol–water partition coefficient (Wildman–Crippen LogP) is 2.52. The van der Waals surface area contributed by atoms with Crippen molar-refractivity contribution in [3.05, 3.63) is 36.0 Å². The maximum atomic E-state index is 11.9. The molecule has 20 heavy (non-hydrogen) atoms. The number of nitrogens with one attached hydrogen (secondary N) is 2. The van der Waals surface area contributed by atoms with E-state index in [0.29, 0.717) is 5.69 Å². The number of aromatic hydroxyl groups is 1. The first-order valence-corrected chi connectivity index (χ1v) is 6.61. The average molecular weight is 273 g/mol. The Kier molecular flexibility index (Phi) is 6.69. The summed E-state index contributed by atoms with van der Waals surface area (Å²) in [6, 6.07) is 8.03. The van der Waals surface area contributed by atoms with Gasteiger partial charge < -0.3 is 15.7 Å². The highest BCUT2D eigenvalue weighted by atomic mass is 16.3. The molecule has 0 aromatic heterocycles. The molecule has 0 saturated heterocycles. The largest absolute Gasteiger partial charge is 0.508 e. The summed E-state index contributed by atoms with van der Waals surface area (Å²) in [7, 11) is 0. The molecule has 0 atom stereocenters. The van der Waals surface area contributed by atoms with E-state index in [0.717, 1.165) is 25.8 Å². The van der Waals surface area contributed by atoms with Crippen LogP contribution in [0.3, 0.4) is 0 Å². The number of nitrogens with zero attached hydrogens (tertiary/aromatic N) is 1. The van der Waals surface area contributed by atoms with E-state index >= 15 is 0 Å². The Morgan fingerprint density at radius 3 is 2.90 bits per heavy atom. The number of carbonyl (C=O) groups excluding carboxylic acids is 1. The molecule has 0 unspecified atom stereocenters. The van der Waals surface area contributed by atoms with Gasteiger partial charge in [0.1, 0.15) is 17.4 Å². The SMILES string of the molecule is CCCCCN/C=C(/C#N)C(=O)Nc1cccc(O)c1. The van der Waals surface area contributed by atoms with Crippen LogP contribution in [-0.4, -0.2) is 17.6 Å². The highest BCUT2D eigenvalue weighted by Gasteiger charge is 2.09. The Balaban J connectivity index is 2.55. The Morgan fingerprint density at radius 2 is 2.25 bits per heavy atom. The van der Waals surface area contributed by atoms with Gasteiger partial charge in [0.2, 0.25) is 0 Å². The number of phenolic OH excluding ortho intramolecular Hbond substituents is 1. The fourth-order valence-electron chi connectivity index (χ4n) is 1.58. The molecule has 3 N–H and O–H groups in total. The van der Waals surface area contributed by atoms with Gasteiger partial charge in [0, 0.05) is 24.5 Å². The van der Waals surface area contributed by atoms with E-state index in [4.69, 9.17) is 5.26 Å². The molecule has 1 aromatic carbocycles. The van der Waals surface area contributed by atoms with Gasteiger partial charge in [0.05, 0.1) is 0 Å². The summed E-state index contributed by atoms with van der Waals surface area (Å²) < 4.78 is 0. The van der Waals surface area contributed by atoms with Crippen LogP contribution in [0.4, 0.5) is 5.69 Å². The lowest BCUT2D eigenvalue weighted by Gasteiger charge is -2.05. The minimum absolute atomic E-state index is 0.00448. The summed E-state index contributed by atoms with van der Waals surface area (Å²) in [5.74, 6) is -0.441. The second-order valence-corrected chi connectivity index (χ2v) is 4.34. The summed E-state index contributed by atoms with van der Waals surface area (Å²) in [6.45, 7) is 2.84. The highest BCUT2D eigenvalue weighted by Crippen LogP contribution is 2.15. The summed E-state index contributed by atoms with van der Waals surface area (Å²) in [6.07, 6.45) is 4.65. The minimum atomic E-state index is -0.499. The van der Waals surface area contributed by atoms with Gasteiger partial charge in [-0.15, -0.1) is 0 Å². The maximum absolute atomic E-state index is 11.9. The van der Waals surface area contributed by atoms with Gasteiger partial charge in [-0.2, -0.15) is 5.26 Å². The lowest BCUT2D eigenvalue weighted by molar-refractivity contribution is -0.112. The zero-order valence-corrected chi connectivity index (χ0v) is 11.5. The van der Waals surface area contributed by atoms with Crippen LogP contribution in [0.2, 0.25) is 0 Å². The normalized spacial score (nSPS) is 10.7. The van der Waals surface area contributed by atoms with Gasteiger partial charge in [-0.25, -0.2) is 0 Å². The van der Waals surface area contributed by atoms with E-state index in [1.807, 2.05) is 6.07 Å². The second-order valence-electron chi connectivity index (χ2n) is 4.34. The summed E-state index contributed by atoms with van der Waals surface area (Å²) in [4.78, 5) is 11.9. The first-order chi connectivity index (χ1) is 9.67. The molecule has 0 heterocycles. The van der Waals surface area contributed by atoms with E-state index in [-0.39, 0.29) is 11.3 Å². The topological polar surface area (TPSA) is 85.2 Å². The Morgan fingerprint density at radius 1 is 1.45 bits per heavy atom.